The van der Waals surface area contributed by atoms with Crippen LogP contribution >= 0.6 is 0 Å². The number of aromatic amines is 1. The van der Waals surface area contributed by atoms with Crippen LogP contribution in [0.4, 0.5) is 0 Å². The van der Waals surface area contributed by atoms with Gasteiger partial charge in [0.2, 0.25) is 5.56 Å². The third-order valence-electron chi connectivity index (χ3n) is 3.73. The van der Waals surface area contributed by atoms with E-state index in [9.17, 15) is 9.59 Å². The minimum Gasteiger partial charge on any atom is -0.497 e. The predicted molar refractivity (Wildman–Crippen MR) is 94.9 cm³/mol. The van der Waals surface area contributed by atoms with Crippen LogP contribution in [0.25, 0.3) is 10.9 Å². The fraction of sp³-hybridized carbons (Fsp3) is 0.158. The molecule has 0 spiro atoms. The van der Waals surface area contributed by atoms with Gasteiger partial charge in [-0.25, -0.2) is 0 Å². The Morgan fingerprint density at radius 1 is 1.08 bits per heavy atom. The van der Waals surface area contributed by atoms with Gasteiger partial charge < -0.3 is 19.8 Å². The van der Waals surface area contributed by atoms with Gasteiger partial charge in [0.1, 0.15) is 11.5 Å². The van der Waals surface area contributed by atoms with Gasteiger partial charge in [-0.1, -0.05) is 24.3 Å². The van der Waals surface area contributed by atoms with Crippen LogP contribution in [0.5, 0.6) is 11.5 Å². The second kappa shape index (κ2) is 7.53. The minimum atomic E-state index is -0.244. The number of nitrogens with one attached hydrogen (secondary N) is 2. The molecule has 0 aliphatic heterocycles. The average Bonchev–Trinajstić information content (AvgIpc) is 2.65. The van der Waals surface area contributed by atoms with Crippen molar-refractivity contribution in [2.75, 3.05) is 13.7 Å². The van der Waals surface area contributed by atoms with Crippen LogP contribution in [0.2, 0.25) is 0 Å². The zero-order valence-corrected chi connectivity index (χ0v) is 13.7. The van der Waals surface area contributed by atoms with Gasteiger partial charge in [0.25, 0.3) is 5.91 Å². The quantitative estimate of drug-likeness (QED) is 0.722. The van der Waals surface area contributed by atoms with E-state index in [2.05, 4.69) is 10.3 Å². The van der Waals surface area contributed by atoms with Crippen molar-refractivity contribution in [3.8, 4) is 11.5 Å². The standard InChI is InChI=1S/C19H18N2O4/c1-24-15-8-5-13(6-9-15)11-20-18(23)12-25-16-4-2-3-14-7-10-17(22)21-19(14)16/h2-10H,11-12H2,1H3,(H,20,23)(H,21,22). The lowest BCUT2D eigenvalue weighted by atomic mass is 10.2. The van der Waals surface area contributed by atoms with Gasteiger partial charge in [-0.3, -0.25) is 9.59 Å². The molecule has 0 saturated carbocycles. The van der Waals surface area contributed by atoms with E-state index in [0.29, 0.717) is 17.8 Å². The van der Waals surface area contributed by atoms with Crippen LogP contribution in [0.3, 0.4) is 0 Å². The number of methoxy groups -OCH3 is 1. The molecule has 0 atom stereocenters. The molecule has 6 nitrogen and oxygen atoms in total. The molecule has 128 valence electrons. The lowest BCUT2D eigenvalue weighted by Crippen LogP contribution is -2.28. The summed E-state index contributed by atoms with van der Waals surface area (Å²) in [6.07, 6.45) is 0. The molecule has 25 heavy (non-hydrogen) atoms. The number of ether oxygens (including phenoxy) is 2. The highest BCUT2D eigenvalue weighted by Crippen LogP contribution is 2.21. The molecule has 3 rings (SSSR count). The molecular weight excluding hydrogens is 320 g/mol. The second-order valence-corrected chi connectivity index (χ2v) is 5.46. The molecule has 0 unspecified atom stereocenters. The number of fused-ring (bicyclic) bond motifs is 1. The van der Waals surface area contributed by atoms with Crippen LogP contribution in [-0.4, -0.2) is 24.6 Å². The fourth-order valence-corrected chi connectivity index (χ4v) is 2.41. The molecule has 0 fully saturated rings. The van der Waals surface area contributed by atoms with Crippen LogP contribution in [-0.2, 0) is 11.3 Å². The molecule has 1 aromatic heterocycles. The van der Waals surface area contributed by atoms with Crippen molar-refractivity contribution in [3.05, 3.63) is 70.5 Å². The average molecular weight is 338 g/mol. The Bertz CT molecular complexity index is 932. The van der Waals surface area contributed by atoms with E-state index >= 15 is 0 Å². The minimum absolute atomic E-state index is 0.133. The summed E-state index contributed by atoms with van der Waals surface area (Å²) >= 11 is 0. The molecule has 1 heterocycles. The molecular formula is C19H18N2O4. The number of rotatable bonds is 6. The highest BCUT2D eigenvalue weighted by Gasteiger charge is 2.07. The van der Waals surface area contributed by atoms with Gasteiger partial charge in [0, 0.05) is 18.0 Å². The summed E-state index contributed by atoms with van der Waals surface area (Å²) in [5, 5.41) is 3.63. The first kappa shape index (κ1) is 16.6. The summed E-state index contributed by atoms with van der Waals surface area (Å²) in [7, 11) is 1.61. The van der Waals surface area contributed by atoms with Crippen molar-refractivity contribution in [1.29, 1.82) is 0 Å². The van der Waals surface area contributed by atoms with Gasteiger partial charge >= 0.3 is 0 Å². The number of carbonyl (C=O) groups is 1. The number of aromatic nitrogens is 1. The molecule has 0 aliphatic rings. The fourth-order valence-electron chi connectivity index (χ4n) is 2.41. The Morgan fingerprint density at radius 3 is 2.64 bits per heavy atom. The number of para-hydroxylation sites is 1. The molecule has 0 bridgehead atoms. The Balaban J connectivity index is 1.59. The van der Waals surface area contributed by atoms with Gasteiger partial charge in [-0.2, -0.15) is 0 Å². The monoisotopic (exact) mass is 338 g/mol. The second-order valence-electron chi connectivity index (χ2n) is 5.46. The van der Waals surface area contributed by atoms with E-state index in [0.717, 1.165) is 16.7 Å². The van der Waals surface area contributed by atoms with Crippen LogP contribution in [0.15, 0.2) is 59.4 Å². The van der Waals surface area contributed by atoms with E-state index in [1.807, 2.05) is 36.4 Å². The molecule has 2 aromatic carbocycles. The van der Waals surface area contributed by atoms with Crippen molar-refractivity contribution >= 4 is 16.8 Å². The lowest BCUT2D eigenvalue weighted by molar-refractivity contribution is -0.123. The summed E-state index contributed by atoms with van der Waals surface area (Å²) < 4.78 is 10.7. The molecule has 2 N–H and O–H groups in total. The summed E-state index contributed by atoms with van der Waals surface area (Å²) in [6, 6.07) is 16.0. The van der Waals surface area contributed by atoms with Crippen LogP contribution < -0.4 is 20.3 Å². The topological polar surface area (TPSA) is 80.4 Å². The van der Waals surface area contributed by atoms with Crippen molar-refractivity contribution in [2.24, 2.45) is 0 Å². The molecule has 6 heteroatoms. The van der Waals surface area contributed by atoms with E-state index in [-0.39, 0.29) is 18.1 Å². The van der Waals surface area contributed by atoms with Crippen LogP contribution in [0, 0.1) is 0 Å². The van der Waals surface area contributed by atoms with Crippen molar-refractivity contribution in [3.63, 3.8) is 0 Å². The Kier molecular flexibility index (Phi) is 4.99. The van der Waals surface area contributed by atoms with Gasteiger partial charge in [-0.05, 0) is 29.8 Å². The Morgan fingerprint density at radius 2 is 1.88 bits per heavy atom. The number of benzene rings is 2. The normalized spacial score (nSPS) is 10.4. The molecule has 0 aliphatic carbocycles. The smallest absolute Gasteiger partial charge is 0.258 e. The summed E-state index contributed by atoms with van der Waals surface area (Å²) in [4.78, 5) is 26.2. The summed E-state index contributed by atoms with van der Waals surface area (Å²) in [5.41, 5.74) is 1.33. The number of amides is 1. The Labute approximate surface area is 144 Å². The van der Waals surface area contributed by atoms with Crippen LogP contribution in [0.1, 0.15) is 5.56 Å². The number of hydrogen-bond acceptors (Lipinski definition) is 4. The summed E-state index contributed by atoms with van der Waals surface area (Å²) in [6.45, 7) is 0.269. The zero-order chi connectivity index (χ0) is 17.6. The number of H-pyrrole nitrogens is 1. The number of pyridine rings is 1. The van der Waals surface area contributed by atoms with Crippen molar-refractivity contribution in [2.45, 2.75) is 6.54 Å². The third kappa shape index (κ3) is 4.17. The predicted octanol–water partition coefficient (Wildman–Crippen LogP) is 2.23. The van der Waals surface area contributed by atoms with E-state index < -0.39 is 0 Å². The van der Waals surface area contributed by atoms with Gasteiger partial charge in [0.05, 0.1) is 12.6 Å². The van der Waals surface area contributed by atoms with E-state index in [1.165, 1.54) is 6.07 Å². The number of carbonyl (C=O) groups excluding carboxylic acids is 1. The first-order valence-electron chi connectivity index (χ1n) is 7.80. The van der Waals surface area contributed by atoms with Gasteiger partial charge in [0.15, 0.2) is 6.61 Å². The number of hydrogen-bond donors (Lipinski definition) is 2. The SMILES string of the molecule is COc1ccc(CNC(=O)COc2cccc3ccc(=O)[nH]c23)cc1. The highest BCUT2D eigenvalue weighted by molar-refractivity contribution is 5.85. The molecule has 0 saturated heterocycles. The maximum Gasteiger partial charge on any atom is 0.258 e. The molecule has 0 radical (unpaired) electrons. The maximum absolute atomic E-state index is 12.0. The van der Waals surface area contributed by atoms with Crippen molar-refractivity contribution < 1.29 is 14.3 Å². The highest BCUT2D eigenvalue weighted by atomic mass is 16.5. The maximum atomic E-state index is 12.0. The van der Waals surface area contributed by atoms with E-state index in [4.69, 9.17) is 9.47 Å². The van der Waals surface area contributed by atoms with E-state index in [1.54, 1.807) is 19.2 Å². The third-order valence-corrected chi connectivity index (χ3v) is 3.73. The first-order valence-corrected chi connectivity index (χ1v) is 7.80. The van der Waals surface area contributed by atoms with Gasteiger partial charge in [-0.15, -0.1) is 0 Å². The van der Waals surface area contributed by atoms with Crippen molar-refractivity contribution in [1.82, 2.24) is 10.3 Å². The zero-order valence-electron chi connectivity index (χ0n) is 13.7. The summed E-state index contributed by atoms with van der Waals surface area (Å²) in [5.74, 6) is 0.990. The lowest BCUT2D eigenvalue weighted by Gasteiger charge is -2.10. The Hall–Kier alpha value is -3.28. The molecule has 1 amide bonds. The largest absolute Gasteiger partial charge is 0.497 e. The molecule has 3 aromatic rings. The first-order chi connectivity index (χ1) is 12.2.